The summed E-state index contributed by atoms with van der Waals surface area (Å²) in [5.41, 5.74) is 2.67. The van der Waals surface area contributed by atoms with Crippen LogP contribution in [0.25, 0.3) is 16.9 Å². The molecule has 0 saturated carbocycles. The fourth-order valence-corrected chi connectivity index (χ4v) is 3.73. The molecule has 1 atom stereocenters. The number of halogens is 3. The van der Waals surface area contributed by atoms with Crippen molar-refractivity contribution in [1.29, 1.82) is 0 Å². The molecule has 1 aliphatic rings. The molecule has 0 radical (unpaired) electrons. The van der Waals surface area contributed by atoms with Crippen molar-refractivity contribution in [3.8, 4) is 11.3 Å². The van der Waals surface area contributed by atoms with Crippen LogP contribution >= 0.6 is 15.9 Å². The predicted molar refractivity (Wildman–Crippen MR) is 99.3 cm³/mol. The summed E-state index contributed by atoms with van der Waals surface area (Å²) in [6.07, 6.45) is 2.34. The van der Waals surface area contributed by atoms with Crippen LogP contribution in [0.5, 0.6) is 0 Å². The van der Waals surface area contributed by atoms with Crippen molar-refractivity contribution < 1.29 is 13.5 Å². The lowest BCUT2D eigenvalue weighted by Crippen LogP contribution is -2.39. The maximum Gasteiger partial charge on any atom is 0.137 e. The van der Waals surface area contributed by atoms with E-state index in [9.17, 15) is 8.78 Å². The molecule has 136 valence electrons. The summed E-state index contributed by atoms with van der Waals surface area (Å²) >= 11 is 3.13. The number of rotatable bonds is 3. The van der Waals surface area contributed by atoms with E-state index >= 15 is 0 Å². The summed E-state index contributed by atoms with van der Waals surface area (Å²) in [5.74, 6) is -1.28. The van der Waals surface area contributed by atoms with E-state index in [2.05, 4.69) is 26.2 Å². The van der Waals surface area contributed by atoms with Crippen LogP contribution in [0.15, 0.2) is 34.9 Å². The molecule has 3 heterocycles. The first-order valence-electron chi connectivity index (χ1n) is 8.48. The number of ether oxygens (including phenoxy) is 1. The zero-order valence-electron chi connectivity index (χ0n) is 14.2. The number of benzene rings is 1. The number of fused-ring (bicyclic) bond motifs is 1. The number of aromatic nitrogens is 2. The second-order valence-electron chi connectivity index (χ2n) is 6.48. The fraction of sp³-hybridized carbons (Fsp3) is 0.316. The Morgan fingerprint density at radius 2 is 2.08 bits per heavy atom. The van der Waals surface area contributed by atoms with Crippen molar-refractivity contribution >= 4 is 21.6 Å². The van der Waals surface area contributed by atoms with E-state index in [0.717, 1.165) is 17.8 Å². The highest BCUT2D eigenvalue weighted by Gasteiger charge is 2.24. The average Bonchev–Trinajstić information content (AvgIpc) is 2.92. The van der Waals surface area contributed by atoms with Gasteiger partial charge < -0.3 is 14.5 Å². The monoisotopic (exact) mass is 421 g/mol. The van der Waals surface area contributed by atoms with Gasteiger partial charge in [0.05, 0.1) is 29.7 Å². The molecule has 3 aromatic rings. The number of imidazole rings is 1. The zero-order chi connectivity index (χ0) is 18.3. The standard InChI is InChI=1S/C19H18BrF2N3O/c1-11-2-4-25-16(9-13-10-23-3-5-26-13)19(24-17(25)6-11)18-14(21)7-12(20)8-15(18)22/h2,4,6-8,13,23H,3,5,9-10H2,1H3/t13-/m0/s1. The van der Waals surface area contributed by atoms with Gasteiger partial charge in [-0.3, -0.25) is 0 Å². The van der Waals surface area contributed by atoms with Gasteiger partial charge in [-0.05, 0) is 36.8 Å². The number of morpholine rings is 1. The minimum atomic E-state index is -0.638. The SMILES string of the molecule is Cc1ccn2c(C[C@H]3CNCCO3)c(-c3c(F)cc(Br)cc3F)nc2c1. The van der Waals surface area contributed by atoms with Crippen molar-refractivity contribution in [2.75, 3.05) is 19.7 Å². The summed E-state index contributed by atoms with van der Waals surface area (Å²) in [7, 11) is 0. The average molecular weight is 422 g/mol. The highest BCUT2D eigenvalue weighted by Crippen LogP contribution is 2.32. The Morgan fingerprint density at radius 3 is 2.77 bits per heavy atom. The van der Waals surface area contributed by atoms with Crippen molar-refractivity contribution in [3.63, 3.8) is 0 Å². The Labute approximate surface area is 158 Å². The molecule has 1 aliphatic heterocycles. The molecule has 1 N–H and O–H groups in total. The number of nitrogens with zero attached hydrogens (tertiary/aromatic N) is 2. The third kappa shape index (κ3) is 3.26. The van der Waals surface area contributed by atoms with Gasteiger partial charge in [0.25, 0.3) is 0 Å². The summed E-state index contributed by atoms with van der Waals surface area (Å²) in [6, 6.07) is 6.38. The molecule has 0 amide bonds. The van der Waals surface area contributed by atoms with E-state index in [1.165, 1.54) is 12.1 Å². The highest BCUT2D eigenvalue weighted by atomic mass is 79.9. The molecule has 0 aliphatic carbocycles. The van der Waals surface area contributed by atoms with Gasteiger partial charge in [-0.2, -0.15) is 0 Å². The van der Waals surface area contributed by atoms with Crippen LogP contribution in [0.4, 0.5) is 8.78 Å². The van der Waals surface area contributed by atoms with Crippen LogP contribution in [-0.4, -0.2) is 35.2 Å². The van der Waals surface area contributed by atoms with E-state index in [4.69, 9.17) is 4.74 Å². The van der Waals surface area contributed by atoms with Crippen molar-refractivity contribution in [1.82, 2.24) is 14.7 Å². The Bertz CT molecular complexity index is 944. The smallest absolute Gasteiger partial charge is 0.137 e. The quantitative estimate of drug-likeness (QED) is 0.697. The lowest BCUT2D eigenvalue weighted by Gasteiger charge is -2.24. The first-order valence-corrected chi connectivity index (χ1v) is 9.27. The summed E-state index contributed by atoms with van der Waals surface area (Å²) < 4.78 is 37.2. The van der Waals surface area contributed by atoms with Gasteiger partial charge in [0.15, 0.2) is 0 Å². The molecule has 26 heavy (non-hydrogen) atoms. The van der Waals surface area contributed by atoms with Crippen LogP contribution < -0.4 is 5.32 Å². The lowest BCUT2D eigenvalue weighted by atomic mass is 10.0. The molecule has 7 heteroatoms. The van der Waals surface area contributed by atoms with E-state index in [1.807, 2.05) is 29.7 Å². The van der Waals surface area contributed by atoms with Crippen molar-refractivity contribution in [2.45, 2.75) is 19.4 Å². The maximum absolute atomic E-state index is 14.6. The number of pyridine rings is 1. The molecule has 0 spiro atoms. The molecule has 0 unspecified atom stereocenters. The van der Waals surface area contributed by atoms with Crippen molar-refractivity contribution in [2.24, 2.45) is 0 Å². The largest absolute Gasteiger partial charge is 0.375 e. The highest BCUT2D eigenvalue weighted by molar-refractivity contribution is 9.10. The van der Waals surface area contributed by atoms with Crippen LogP contribution in [0.3, 0.4) is 0 Å². The Morgan fingerprint density at radius 1 is 1.31 bits per heavy atom. The fourth-order valence-electron chi connectivity index (χ4n) is 3.33. The van der Waals surface area contributed by atoms with Crippen molar-refractivity contribution in [3.05, 3.63) is 57.8 Å². The van der Waals surface area contributed by atoms with Crippen LogP contribution in [0.1, 0.15) is 11.3 Å². The number of aryl methyl sites for hydroxylation is 1. The van der Waals surface area contributed by atoms with Gasteiger partial charge in [0.2, 0.25) is 0 Å². The van der Waals surface area contributed by atoms with E-state index in [1.54, 1.807) is 0 Å². The molecule has 1 fully saturated rings. The maximum atomic E-state index is 14.6. The normalized spacial score (nSPS) is 17.8. The van der Waals surface area contributed by atoms with Gasteiger partial charge in [-0.25, -0.2) is 13.8 Å². The summed E-state index contributed by atoms with van der Waals surface area (Å²) in [6.45, 7) is 4.09. The van der Waals surface area contributed by atoms with E-state index in [0.29, 0.717) is 35.4 Å². The number of hydrogen-bond acceptors (Lipinski definition) is 3. The second-order valence-corrected chi connectivity index (χ2v) is 7.40. The number of nitrogens with one attached hydrogen (secondary N) is 1. The second kappa shape index (κ2) is 7.06. The van der Waals surface area contributed by atoms with Gasteiger partial charge in [-0.1, -0.05) is 15.9 Å². The predicted octanol–water partition coefficient (Wildman–Crippen LogP) is 3.88. The van der Waals surface area contributed by atoms with Crippen LogP contribution in [0, 0.1) is 18.6 Å². The molecule has 2 aromatic heterocycles. The van der Waals surface area contributed by atoms with Crippen LogP contribution in [0.2, 0.25) is 0 Å². The van der Waals surface area contributed by atoms with Gasteiger partial charge in [-0.15, -0.1) is 0 Å². The molecule has 4 rings (SSSR count). The third-order valence-electron chi connectivity index (χ3n) is 4.55. The minimum Gasteiger partial charge on any atom is -0.375 e. The molecular weight excluding hydrogens is 404 g/mol. The van der Waals surface area contributed by atoms with Gasteiger partial charge >= 0.3 is 0 Å². The minimum absolute atomic E-state index is 0.0646. The first-order chi connectivity index (χ1) is 12.5. The molecule has 4 nitrogen and oxygen atoms in total. The molecule has 1 aromatic carbocycles. The van der Waals surface area contributed by atoms with Gasteiger partial charge in [0.1, 0.15) is 17.3 Å². The Kier molecular flexibility index (Phi) is 4.77. The van der Waals surface area contributed by atoms with Crippen LogP contribution in [-0.2, 0) is 11.2 Å². The first kappa shape index (κ1) is 17.6. The lowest BCUT2D eigenvalue weighted by molar-refractivity contribution is 0.0286. The van der Waals surface area contributed by atoms with E-state index < -0.39 is 11.6 Å². The summed E-state index contributed by atoms with van der Waals surface area (Å²) in [5, 5.41) is 3.28. The Hall–Kier alpha value is -1.83. The Balaban J connectivity index is 1.89. The topological polar surface area (TPSA) is 38.6 Å². The molecule has 1 saturated heterocycles. The summed E-state index contributed by atoms with van der Waals surface area (Å²) in [4.78, 5) is 4.55. The zero-order valence-corrected chi connectivity index (χ0v) is 15.8. The third-order valence-corrected chi connectivity index (χ3v) is 5.01. The molecule has 0 bridgehead atoms. The molecular formula is C19H18BrF2N3O. The van der Waals surface area contributed by atoms with Gasteiger partial charge in [0, 0.05) is 30.2 Å². The number of hydrogen-bond donors (Lipinski definition) is 1. The van der Waals surface area contributed by atoms with E-state index in [-0.39, 0.29) is 11.7 Å².